The van der Waals surface area contributed by atoms with E-state index < -0.39 is 11.9 Å². The van der Waals surface area contributed by atoms with Crippen molar-refractivity contribution in [1.82, 2.24) is 0 Å². The molecule has 5 nitrogen and oxygen atoms in total. The zero-order valence-electron chi connectivity index (χ0n) is 17.9. The van der Waals surface area contributed by atoms with Gasteiger partial charge in [-0.1, -0.05) is 38.3 Å². The Hall–Kier alpha value is -2.69. The summed E-state index contributed by atoms with van der Waals surface area (Å²) in [4.78, 5) is 11.0. The van der Waals surface area contributed by atoms with Crippen molar-refractivity contribution in [3.8, 4) is 17.2 Å². The first-order chi connectivity index (χ1) is 14.5. The minimum atomic E-state index is -0.779. The topological polar surface area (TPSA) is 65.0 Å². The first kappa shape index (κ1) is 22.0. The van der Waals surface area contributed by atoms with Gasteiger partial charge in [-0.25, -0.2) is 0 Å². The van der Waals surface area contributed by atoms with Gasteiger partial charge in [-0.2, -0.15) is 0 Å². The van der Waals surface area contributed by atoms with Crippen LogP contribution in [0.5, 0.6) is 17.2 Å². The molecular formula is C25H32O5. The molecule has 1 unspecified atom stereocenters. The van der Waals surface area contributed by atoms with Gasteiger partial charge in [0.15, 0.2) is 0 Å². The third-order valence-corrected chi connectivity index (χ3v) is 5.26. The van der Waals surface area contributed by atoms with E-state index in [1.165, 1.54) is 19.3 Å². The molecule has 0 aromatic heterocycles. The summed E-state index contributed by atoms with van der Waals surface area (Å²) in [6, 6.07) is 15.3. The molecule has 1 N–H and O–H groups in total. The molecule has 0 amide bonds. The number of rotatable bonds is 9. The number of ether oxygens (including phenoxy) is 3. The van der Waals surface area contributed by atoms with E-state index in [9.17, 15) is 4.79 Å². The molecule has 2 fully saturated rings. The Morgan fingerprint density at radius 2 is 1.70 bits per heavy atom. The standard InChI is InChI=1S/C22H26O5.C3H6/c1-15(22(23)24)10-16-4-3-5-20(11-16)26-14-17-12-21(13-17)27-19-8-6-18(25-2)7-9-19;1-2-3-1/h3-9,11,15,17,21H,10,12-14H2,1-2H3,(H,23,24);1-3H2. The largest absolute Gasteiger partial charge is 0.497 e. The molecule has 30 heavy (non-hydrogen) atoms. The SMILES string of the molecule is C1CC1.COc1ccc(OC2CC(COc3cccc(CC(C)C(=O)O)c3)C2)cc1. The number of methoxy groups -OCH3 is 1. The summed E-state index contributed by atoms with van der Waals surface area (Å²) in [5, 5.41) is 9.04. The van der Waals surface area contributed by atoms with Crippen LogP contribution in [-0.4, -0.2) is 30.9 Å². The van der Waals surface area contributed by atoms with Crippen LogP contribution in [0.25, 0.3) is 0 Å². The summed E-state index contributed by atoms with van der Waals surface area (Å²) < 4.78 is 17.0. The molecule has 1 atom stereocenters. The van der Waals surface area contributed by atoms with Crippen LogP contribution in [-0.2, 0) is 11.2 Å². The number of hydrogen-bond acceptors (Lipinski definition) is 4. The summed E-state index contributed by atoms with van der Waals surface area (Å²) in [7, 11) is 1.65. The Balaban J connectivity index is 0.000000782. The van der Waals surface area contributed by atoms with Crippen LogP contribution in [0.2, 0.25) is 0 Å². The average Bonchev–Trinajstić information content (AvgIpc) is 3.59. The summed E-state index contributed by atoms with van der Waals surface area (Å²) in [6.45, 7) is 2.37. The highest BCUT2D eigenvalue weighted by Crippen LogP contribution is 2.32. The van der Waals surface area contributed by atoms with E-state index in [4.69, 9.17) is 19.3 Å². The maximum absolute atomic E-state index is 11.0. The van der Waals surface area contributed by atoms with Gasteiger partial charge < -0.3 is 19.3 Å². The Morgan fingerprint density at radius 1 is 1.03 bits per heavy atom. The van der Waals surface area contributed by atoms with Gasteiger partial charge in [0.2, 0.25) is 0 Å². The molecule has 2 aliphatic rings. The molecule has 0 saturated heterocycles. The first-order valence-electron chi connectivity index (χ1n) is 10.8. The monoisotopic (exact) mass is 412 g/mol. The quantitative estimate of drug-likeness (QED) is 0.600. The van der Waals surface area contributed by atoms with E-state index in [0.717, 1.165) is 35.7 Å². The van der Waals surface area contributed by atoms with Crippen molar-refractivity contribution in [1.29, 1.82) is 0 Å². The third-order valence-electron chi connectivity index (χ3n) is 5.26. The van der Waals surface area contributed by atoms with Gasteiger partial charge in [0.05, 0.1) is 25.7 Å². The van der Waals surface area contributed by atoms with Crippen LogP contribution < -0.4 is 14.2 Å². The van der Waals surface area contributed by atoms with E-state index in [0.29, 0.717) is 18.9 Å². The number of hydrogen-bond donors (Lipinski definition) is 1. The lowest BCUT2D eigenvalue weighted by atomic mass is 9.83. The molecule has 0 spiro atoms. The van der Waals surface area contributed by atoms with Crippen molar-refractivity contribution < 1.29 is 24.1 Å². The zero-order valence-corrected chi connectivity index (χ0v) is 17.9. The minimum absolute atomic E-state index is 0.231. The smallest absolute Gasteiger partial charge is 0.306 e. The maximum atomic E-state index is 11.0. The number of carboxylic acids is 1. The van der Waals surface area contributed by atoms with E-state index >= 15 is 0 Å². The Labute approximate surface area is 179 Å². The lowest BCUT2D eigenvalue weighted by Gasteiger charge is -2.35. The predicted octanol–water partition coefficient (Wildman–Crippen LogP) is 5.37. The number of benzene rings is 2. The Morgan fingerprint density at radius 3 is 2.30 bits per heavy atom. The van der Waals surface area contributed by atoms with Gasteiger partial charge in [-0.3, -0.25) is 4.79 Å². The van der Waals surface area contributed by atoms with Crippen LogP contribution in [0.4, 0.5) is 0 Å². The number of carboxylic acid groups (broad SMARTS) is 1. The highest BCUT2D eigenvalue weighted by atomic mass is 16.5. The normalized spacial score (nSPS) is 20.1. The fourth-order valence-corrected chi connectivity index (χ4v) is 3.17. The Bertz CT molecular complexity index is 791. The van der Waals surface area contributed by atoms with E-state index in [1.54, 1.807) is 14.0 Å². The highest BCUT2D eigenvalue weighted by Gasteiger charge is 2.31. The van der Waals surface area contributed by atoms with Gasteiger partial charge in [0, 0.05) is 0 Å². The molecule has 0 heterocycles. The van der Waals surface area contributed by atoms with Crippen molar-refractivity contribution in [2.45, 2.75) is 51.6 Å². The molecule has 0 bridgehead atoms. The predicted molar refractivity (Wildman–Crippen MR) is 116 cm³/mol. The first-order valence-corrected chi connectivity index (χ1v) is 10.8. The summed E-state index contributed by atoms with van der Waals surface area (Å²) in [5.41, 5.74) is 0.983. The number of carbonyl (C=O) groups is 1. The molecule has 2 saturated carbocycles. The maximum Gasteiger partial charge on any atom is 0.306 e. The zero-order chi connectivity index (χ0) is 21.3. The van der Waals surface area contributed by atoms with Gasteiger partial charge in [-0.15, -0.1) is 0 Å². The van der Waals surface area contributed by atoms with Crippen LogP contribution in [0, 0.1) is 11.8 Å². The van der Waals surface area contributed by atoms with Crippen molar-refractivity contribution in [3.05, 3.63) is 54.1 Å². The van der Waals surface area contributed by atoms with E-state index in [1.807, 2.05) is 48.5 Å². The lowest BCUT2D eigenvalue weighted by molar-refractivity contribution is -0.141. The fraction of sp³-hybridized carbons (Fsp3) is 0.480. The summed E-state index contributed by atoms with van der Waals surface area (Å²) in [5.74, 6) is 1.78. The van der Waals surface area contributed by atoms with Crippen LogP contribution in [0.1, 0.15) is 44.6 Å². The van der Waals surface area contributed by atoms with Gasteiger partial charge >= 0.3 is 5.97 Å². The average molecular weight is 413 g/mol. The molecule has 0 aliphatic heterocycles. The van der Waals surface area contributed by atoms with Crippen LogP contribution in [0.15, 0.2) is 48.5 Å². The molecule has 2 aliphatic carbocycles. The molecule has 5 heteroatoms. The molecule has 2 aromatic carbocycles. The van der Waals surface area contributed by atoms with Gasteiger partial charge in [0.1, 0.15) is 17.2 Å². The van der Waals surface area contributed by atoms with Gasteiger partial charge in [0.25, 0.3) is 0 Å². The Kier molecular flexibility index (Phi) is 8.00. The molecular weight excluding hydrogens is 380 g/mol. The summed E-state index contributed by atoms with van der Waals surface area (Å²) >= 11 is 0. The van der Waals surface area contributed by atoms with Crippen molar-refractivity contribution in [2.75, 3.05) is 13.7 Å². The third kappa shape index (κ3) is 7.29. The van der Waals surface area contributed by atoms with E-state index in [-0.39, 0.29) is 6.10 Å². The van der Waals surface area contributed by atoms with Crippen molar-refractivity contribution in [3.63, 3.8) is 0 Å². The fourth-order valence-electron chi connectivity index (χ4n) is 3.17. The molecule has 2 aromatic rings. The minimum Gasteiger partial charge on any atom is -0.497 e. The molecule has 0 radical (unpaired) electrons. The second kappa shape index (κ2) is 10.9. The van der Waals surface area contributed by atoms with Gasteiger partial charge in [-0.05, 0) is 67.1 Å². The van der Waals surface area contributed by atoms with Crippen LogP contribution in [0.3, 0.4) is 0 Å². The summed E-state index contributed by atoms with van der Waals surface area (Å²) in [6.07, 6.45) is 7.19. The molecule has 4 rings (SSSR count). The van der Waals surface area contributed by atoms with Crippen molar-refractivity contribution >= 4 is 5.97 Å². The second-order valence-electron chi connectivity index (χ2n) is 8.22. The van der Waals surface area contributed by atoms with Crippen molar-refractivity contribution in [2.24, 2.45) is 11.8 Å². The number of aliphatic carboxylic acids is 1. The molecule has 162 valence electrons. The highest BCUT2D eigenvalue weighted by molar-refractivity contribution is 5.69. The second-order valence-corrected chi connectivity index (χ2v) is 8.22. The lowest BCUT2D eigenvalue weighted by Crippen LogP contribution is -2.36. The van der Waals surface area contributed by atoms with Crippen LogP contribution >= 0.6 is 0 Å². The van der Waals surface area contributed by atoms with E-state index in [2.05, 4.69) is 0 Å².